The maximum atomic E-state index is 13.5. The summed E-state index contributed by atoms with van der Waals surface area (Å²) in [7, 11) is 0. The number of rotatable bonds is 8. The van der Waals surface area contributed by atoms with Crippen LogP contribution in [-0.4, -0.2) is 15.7 Å². The highest BCUT2D eigenvalue weighted by molar-refractivity contribution is 5.60. The van der Waals surface area contributed by atoms with Crippen molar-refractivity contribution in [3.8, 4) is 5.75 Å². The zero-order valence-corrected chi connectivity index (χ0v) is 19.7. The van der Waals surface area contributed by atoms with E-state index in [1.54, 1.807) is 0 Å². The average molecular weight is 456 g/mol. The second kappa shape index (κ2) is 10.3. The molecule has 0 spiro atoms. The first kappa shape index (κ1) is 23.1. The largest absolute Gasteiger partial charge is 0.491 e. The molecular formula is C28H29N3O3. The third kappa shape index (κ3) is 5.64. The van der Waals surface area contributed by atoms with Crippen molar-refractivity contribution in [1.29, 1.82) is 0 Å². The molecule has 0 saturated carbocycles. The molecule has 0 aliphatic rings. The Hall–Kier alpha value is -4.06. The fraction of sp³-hybridized carbons (Fsp3) is 0.214. The van der Waals surface area contributed by atoms with Gasteiger partial charge in [0.25, 0.3) is 5.56 Å². The van der Waals surface area contributed by atoms with Crippen LogP contribution in [0.4, 0.5) is 11.5 Å². The Balaban J connectivity index is 1.72. The van der Waals surface area contributed by atoms with Crippen LogP contribution in [0.15, 0.2) is 88.5 Å². The highest BCUT2D eigenvalue weighted by atomic mass is 16.5. The summed E-state index contributed by atoms with van der Waals surface area (Å²) in [6.45, 7) is 6.17. The molecule has 1 heterocycles. The minimum atomic E-state index is -0.455. The van der Waals surface area contributed by atoms with Gasteiger partial charge < -0.3 is 10.1 Å². The number of aromatic nitrogens is 2. The molecule has 0 bridgehead atoms. The van der Waals surface area contributed by atoms with Gasteiger partial charge in [0.2, 0.25) is 0 Å². The van der Waals surface area contributed by atoms with Gasteiger partial charge in [-0.15, -0.1) is 0 Å². The van der Waals surface area contributed by atoms with E-state index in [0.717, 1.165) is 28.1 Å². The molecule has 6 heteroatoms. The van der Waals surface area contributed by atoms with Crippen LogP contribution in [0.1, 0.15) is 36.1 Å². The molecule has 0 aliphatic heterocycles. The first-order chi connectivity index (χ1) is 16.4. The van der Waals surface area contributed by atoms with Crippen molar-refractivity contribution < 1.29 is 4.74 Å². The quantitative estimate of drug-likeness (QED) is 0.391. The average Bonchev–Trinajstić information content (AvgIpc) is 2.82. The third-order valence-corrected chi connectivity index (χ3v) is 5.46. The van der Waals surface area contributed by atoms with Crippen LogP contribution < -0.4 is 21.3 Å². The number of benzene rings is 3. The molecule has 2 N–H and O–H groups in total. The molecule has 0 fully saturated rings. The van der Waals surface area contributed by atoms with Crippen LogP contribution >= 0.6 is 0 Å². The molecule has 0 saturated heterocycles. The summed E-state index contributed by atoms with van der Waals surface area (Å²) >= 11 is 0. The van der Waals surface area contributed by atoms with Crippen LogP contribution in [0.25, 0.3) is 0 Å². The predicted octanol–water partition coefficient (Wildman–Crippen LogP) is 5.01. The van der Waals surface area contributed by atoms with Crippen LogP contribution in [0.3, 0.4) is 0 Å². The molecule has 0 atom stereocenters. The lowest BCUT2D eigenvalue weighted by molar-refractivity contribution is 0.242. The smallest absolute Gasteiger partial charge is 0.330 e. The molecule has 3 aromatic carbocycles. The zero-order chi connectivity index (χ0) is 24.1. The Bertz CT molecular complexity index is 1350. The number of aromatic amines is 1. The fourth-order valence-corrected chi connectivity index (χ4v) is 3.74. The first-order valence-electron chi connectivity index (χ1n) is 11.4. The van der Waals surface area contributed by atoms with Crippen LogP contribution in [-0.2, 0) is 13.0 Å². The second-order valence-corrected chi connectivity index (χ2v) is 8.64. The highest BCUT2D eigenvalue weighted by Gasteiger charge is 2.16. The minimum absolute atomic E-state index is 0.0773. The molecule has 1 aromatic heterocycles. The van der Waals surface area contributed by atoms with E-state index in [4.69, 9.17) is 4.74 Å². The molecule has 0 unspecified atom stereocenters. The van der Waals surface area contributed by atoms with Gasteiger partial charge in [-0.2, -0.15) is 0 Å². The molecular weight excluding hydrogens is 426 g/mol. The van der Waals surface area contributed by atoms with Crippen molar-refractivity contribution in [2.45, 2.75) is 39.8 Å². The van der Waals surface area contributed by atoms with Gasteiger partial charge in [-0.3, -0.25) is 14.3 Å². The molecule has 0 aliphatic carbocycles. The molecule has 4 aromatic rings. The van der Waals surface area contributed by atoms with Crippen molar-refractivity contribution in [2.75, 3.05) is 5.32 Å². The third-order valence-electron chi connectivity index (χ3n) is 5.46. The molecule has 0 radical (unpaired) electrons. The Labute approximate surface area is 198 Å². The monoisotopic (exact) mass is 455 g/mol. The van der Waals surface area contributed by atoms with E-state index < -0.39 is 5.69 Å². The summed E-state index contributed by atoms with van der Waals surface area (Å²) in [6.07, 6.45) is 0.468. The molecule has 34 heavy (non-hydrogen) atoms. The number of nitrogens with zero attached hydrogens (tertiary/aromatic N) is 1. The van der Waals surface area contributed by atoms with E-state index in [1.165, 1.54) is 4.57 Å². The van der Waals surface area contributed by atoms with E-state index >= 15 is 0 Å². The Kier molecular flexibility index (Phi) is 6.97. The Morgan fingerprint density at radius 3 is 2.21 bits per heavy atom. The SMILES string of the molecule is Cc1ccc(Cc2c(Nc3ccc(OC(C)C)cc3)[nH]c(=O)n(Cc3ccccc3)c2=O)cc1. The summed E-state index contributed by atoms with van der Waals surface area (Å²) in [5, 5.41) is 3.23. The first-order valence-corrected chi connectivity index (χ1v) is 11.4. The van der Waals surface area contributed by atoms with E-state index in [-0.39, 0.29) is 18.2 Å². The maximum absolute atomic E-state index is 13.5. The maximum Gasteiger partial charge on any atom is 0.330 e. The molecule has 0 amide bonds. The second-order valence-electron chi connectivity index (χ2n) is 8.64. The number of hydrogen-bond donors (Lipinski definition) is 2. The van der Waals surface area contributed by atoms with Gasteiger partial charge in [-0.25, -0.2) is 4.79 Å². The van der Waals surface area contributed by atoms with E-state index in [1.807, 2.05) is 99.6 Å². The lowest BCUT2D eigenvalue weighted by Crippen LogP contribution is -2.38. The number of aryl methyl sites for hydroxylation is 1. The standard InChI is InChI=1S/C28H29N3O3/c1-19(2)34-24-15-13-23(14-16-24)29-26-25(17-21-11-9-20(3)10-12-21)27(32)31(28(33)30-26)18-22-7-5-4-6-8-22/h4-16,19,29H,17-18H2,1-3H3,(H,30,33). The van der Waals surface area contributed by atoms with Crippen molar-refractivity contribution in [3.05, 3.63) is 122 Å². The van der Waals surface area contributed by atoms with Crippen LogP contribution in [0, 0.1) is 6.92 Å². The number of ether oxygens (including phenoxy) is 1. The van der Waals surface area contributed by atoms with Gasteiger partial charge in [0.15, 0.2) is 0 Å². The summed E-state index contributed by atoms with van der Waals surface area (Å²) in [5.41, 5.74) is 3.51. The summed E-state index contributed by atoms with van der Waals surface area (Å²) in [6, 6.07) is 25.0. The van der Waals surface area contributed by atoms with Gasteiger partial charge in [-0.1, -0.05) is 60.2 Å². The lowest BCUT2D eigenvalue weighted by atomic mass is 10.0. The number of hydrogen-bond acceptors (Lipinski definition) is 4. The summed E-state index contributed by atoms with van der Waals surface area (Å²) in [5.74, 6) is 1.16. The predicted molar refractivity (Wildman–Crippen MR) is 136 cm³/mol. The molecule has 174 valence electrons. The normalized spacial score (nSPS) is 10.9. The van der Waals surface area contributed by atoms with E-state index in [2.05, 4.69) is 10.3 Å². The number of H-pyrrole nitrogens is 1. The zero-order valence-electron chi connectivity index (χ0n) is 19.7. The summed E-state index contributed by atoms with van der Waals surface area (Å²) < 4.78 is 6.96. The highest BCUT2D eigenvalue weighted by Crippen LogP contribution is 2.22. The van der Waals surface area contributed by atoms with E-state index in [0.29, 0.717) is 17.8 Å². The Morgan fingerprint density at radius 1 is 0.882 bits per heavy atom. The van der Waals surface area contributed by atoms with Crippen molar-refractivity contribution in [1.82, 2.24) is 9.55 Å². The van der Waals surface area contributed by atoms with Crippen molar-refractivity contribution >= 4 is 11.5 Å². The van der Waals surface area contributed by atoms with Gasteiger partial charge in [-0.05, 0) is 56.2 Å². The fourth-order valence-electron chi connectivity index (χ4n) is 3.74. The minimum Gasteiger partial charge on any atom is -0.491 e. The summed E-state index contributed by atoms with van der Waals surface area (Å²) in [4.78, 5) is 29.4. The van der Waals surface area contributed by atoms with Crippen molar-refractivity contribution in [2.24, 2.45) is 0 Å². The van der Waals surface area contributed by atoms with E-state index in [9.17, 15) is 9.59 Å². The van der Waals surface area contributed by atoms with Gasteiger partial charge in [0.1, 0.15) is 11.6 Å². The number of anilines is 2. The lowest BCUT2D eigenvalue weighted by Gasteiger charge is -2.15. The topological polar surface area (TPSA) is 76.1 Å². The van der Waals surface area contributed by atoms with Gasteiger partial charge in [0.05, 0.1) is 18.2 Å². The van der Waals surface area contributed by atoms with Crippen LogP contribution in [0.5, 0.6) is 5.75 Å². The number of nitrogens with one attached hydrogen (secondary N) is 2. The molecule has 4 rings (SSSR count). The van der Waals surface area contributed by atoms with Gasteiger partial charge >= 0.3 is 5.69 Å². The van der Waals surface area contributed by atoms with Crippen LogP contribution in [0.2, 0.25) is 0 Å². The van der Waals surface area contributed by atoms with Gasteiger partial charge in [0, 0.05) is 12.1 Å². The Morgan fingerprint density at radius 2 is 1.56 bits per heavy atom. The van der Waals surface area contributed by atoms with Crippen molar-refractivity contribution in [3.63, 3.8) is 0 Å². The molecule has 6 nitrogen and oxygen atoms in total.